The summed E-state index contributed by atoms with van der Waals surface area (Å²) in [6.45, 7) is 4.50. The Balaban J connectivity index is 1.81. The van der Waals surface area contributed by atoms with Gasteiger partial charge in [-0.3, -0.25) is 4.72 Å². The van der Waals surface area contributed by atoms with E-state index in [4.69, 9.17) is 0 Å². The molecule has 0 atom stereocenters. The second-order valence-electron chi connectivity index (χ2n) is 5.72. The van der Waals surface area contributed by atoms with E-state index in [1.54, 1.807) is 36.5 Å². The van der Waals surface area contributed by atoms with E-state index in [9.17, 15) is 8.42 Å². The lowest BCUT2D eigenvalue weighted by molar-refractivity contribution is 0.601. The lowest BCUT2D eigenvalue weighted by Gasteiger charge is -2.11. The largest absolute Gasteiger partial charge is 0.331 e. The molecule has 3 rings (SSSR count). The van der Waals surface area contributed by atoms with Crippen LogP contribution in [0.4, 0.5) is 5.69 Å². The number of aromatic nitrogens is 2. The van der Waals surface area contributed by atoms with Gasteiger partial charge in [-0.05, 0) is 43.7 Å². The van der Waals surface area contributed by atoms with E-state index in [-0.39, 0.29) is 4.90 Å². The number of nitrogens with zero attached hydrogens (tertiary/aromatic N) is 2. The van der Waals surface area contributed by atoms with Crippen LogP contribution in [0.3, 0.4) is 0 Å². The number of sulfonamides is 1. The second-order valence-corrected chi connectivity index (χ2v) is 7.40. The zero-order valence-electron chi connectivity index (χ0n) is 13.6. The van der Waals surface area contributed by atoms with Crippen LogP contribution in [0.25, 0.3) is 0 Å². The summed E-state index contributed by atoms with van der Waals surface area (Å²) in [6, 6.07) is 14.2. The highest BCUT2D eigenvalue weighted by Crippen LogP contribution is 2.18. The number of hydrogen-bond acceptors (Lipinski definition) is 3. The van der Waals surface area contributed by atoms with Gasteiger partial charge in [0.2, 0.25) is 0 Å². The van der Waals surface area contributed by atoms with Crippen LogP contribution in [0, 0.1) is 13.8 Å². The molecule has 0 saturated carbocycles. The smallest absolute Gasteiger partial charge is 0.261 e. The molecule has 24 heavy (non-hydrogen) atoms. The third-order valence-electron chi connectivity index (χ3n) is 3.79. The maximum absolute atomic E-state index is 12.5. The summed E-state index contributed by atoms with van der Waals surface area (Å²) in [5.74, 6) is 0.917. The van der Waals surface area contributed by atoms with E-state index in [1.165, 1.54) is 0 Å². The summed E-state index contributed by atoms with van der Waals surface area (Å²) in [5.41, 5.74) is 2.57. The van der Waals surface area contributed by atoms with Gasteiger partial charge >= 0.3 is 0 Å². The van der Waals surface area contributed by atoms with Crippen LogP contribution in [0.5, 0.6) is 0 Å². The van der Waals surface area contributed by atoms with Crippen molar-refractivity contribution >= 4 is 15.7 Å². The van der Waals surface area contributed by atoms with Gasteiger partial charge in [0, 0.05) is 24.6 Å². The van der Waals surface area contributed by atoms with Gasteiger partial charge in [0.05, 0.1) is 4.90 Å². The highest BCUT2D eigenvalue weighted by Gasteiger charge is 2.14. The Morgan fingerprint density at radius 3 is 2.50 bits per heavy atom. The van der Waals surface area contributed by atoms with Crippen molar-refractivity contribution in [3.8, 4) is 0 Å². The third kappa shape index (κ3) is 3.65. The molecule has 0 fully saturated rings. The van der Waals surface area contributed by atoms with Crippen molar-refractivity contribution in [2.75, 3.05) is 4.72 Å². The van der Waals surface area contributed by atoms with Gasteiger partial charge in [-0.1, -0.05) is 29.8 Å². The molecule has 0 amide bonds. The van der Waals surface area contributed by atoms with Crippen LogP contribution in [0.2, 0.25) is 0 Å². The summed E-state index contributed by atoms with van der Waals surface area (Å²) in [6.07, 6.45) is 3.65. The van der Waals surface area contributed by atoms with E-state index in [0.717, 1.165) is 17.0 Å². The first-order valence-corrected chi connectivity index (χ1v) is 9.08. The SMILES string of the molecule is Cc1ccc(S(=O)(=O)Nc2cccc(Cn3ccnc3C)c2)cc1. The fourth-order valence-corrected chi connectivity index (χ4v) is 3.48. The molecule has 3 aromatic rings. The molecule has 124 valence electrons. The van der Waals surface area contributed by atoms with Crippen molar-refractivity contribution in [1.82, 2.24) is 9.55 Å². The lowest BCUT2D eigenvalue weighted by Crippen LogP contribution is -2.13. The number of nitrogens with one attached hydrogen (secondary N) is 1. The monoisotopic (exact) mass is 341 g/mol. The topological polar surface area (TPSA) is 64.0 Å². The van der Waals surface area contributed by atoms with E-state index < -0.39 is 10.0 Å². The summed E-state index contributed by atoms with van der Waals surface area (Å²) in [7, 11) is -3.59. The molecule has 0 bridgehead atoms. The van der Waals surface area contributed by atoms with Crippen molar-refractivity contribution in [1.29, 1.82) is 0 Å². The Morgan fingerprint density at radius 2 is 1.83 bits per heavy atom. The molecule has 1 aromatic heterocycles. The predicted molar refractivity (Wildman–Crippen MR) is 94.5 cm³/mol. The normalized spacial score (nSPS) is 11.4. The minimum atomic E-state index is -3.59. The fraction of sp³-hybridized carbons (Fsp3) is 0.167. The molecule has 0 unspecified atom stereocenters. The van der Waals surface area contributed by atoms with Crippen LogP contribution >= 0.6 is 0 Å². The standard InChI is InChI=1S/C18H19N3O2S/c1-14-6-8-18(9-7-14)24(22,23)20-17-5-3-4-16(12-17)13-21-11-10-19-15(21)2/h3-12,20H,13H2,1-2H3. The van der Waals surface area contributed by atoms with Gasteiger partial charge in [-0.25, -0.2) is 13.4 Å². The summed E-state index contributed by atoms with van der Waals surface area (Å²) in [4.78, 5) is 4.45. The van der Waals surface area contributed by atoms with Gasteiger partial charge in [-0.15, -0.1) is 0 Å². The van der Waals surface area contributed by atoms with E-state index in [1.807, 2.05) is 42.8 Å². The average molecular weight is 341 g/mol. The molecule has 0 saturated heterocycles. The molecule has 0 aliphatic carbocycles. The molecule has 0 aliphatic heterocycles. The Bertz CT molecular complexity index is 944. The molecule has 1 N–H and O–H groups in total. The second kappa shape index (κ2) is 6.49. The minimum absolute atomic E-state index is 0.254. The van der Waals surface area contributed by atoms with Gasteiger partial charge in [0.15, 0.2) is 0 Å². The third-order valence-corrected chi connectivity index (χ3v) is 5.18. The number of aryl methyl sites for hydroxylation is 2. The zero-order chi connectivity index (χ0) is 17.2. The first-order valence-electron chi connectivity index (χ1n) is 7.60. The van der Waals surface area contributed by atoms with E-state index in [0.29, 0.717) is 12.2 Å². The zero-order valence-corrected chi connectivity index (χ0v) is 14.4. The van der Waals surface area contributed by atoms with Crippen LogP contribution < -0.4 is 4.72 Å². The number of imidazole rings is 1. The number of rotatable bonds is 5. The van der Waals surface area contributed by atoms with Crippen LogP contribution in [-0.2, 0) is 16.6 Å². The van der Waals surface area contributed by atoms with Crippen molar-refractivity contribution in [3.63, 3.8) is 0 Å². The van der Waals surface area contributed by atoms with Crippen LogP contribution in [0.1, 0.15) is 17.0 Å². The number of anilines is 1. The molecule has 0 aliphatic rings. The molecule has 1 heterocycles. The predicted octanol–water partition coefficient (Wildman–Crippen LogP) is 3.35. The molecule has 0 spiro atoms. The van der Waals surface area contributed by atoms with Gasteiger partial charge < -0.3 is 4.57 Å². The Labute approximate surface area is 142 Å². The maximum Gasteiger partial charge on any atom is 0.261 e. The van der Waals surface area contributed by atoms with Crippen molar-refractivity contribution in [2.24, 2.45) is 0 Å². The quantitative estimate of drug-likeness (QED) is 0.774. The van der Waals surface area contributed by atoms with Gasteiger partial charge in [-0.2, -0.15) is 0 Å². The fourth-order valence-electron chi connectivity index (χ4n) is 2.43. The van der Waals surface area contributed by atoms with E-state index in [2.05, 4.69) is 9.71 Å². The molecular weight excluding hydrogens is 322 g/mol. The van der Waals surface area contributed by atoms with Crippen LogP contribution in [0.15, 0.2) is 65.8 Å². The molecule has 5 nitrogen and oxygen atoms in total. The van der Waals surface area contributed by atoms with Gasteiger partial charge in [0.1, 0.15) is 5.82 Å². The first-order chi connectivity index (χ1) is 11.4. The highest BCUT2D eigenvalue weighted by molar-refractivity contribution is 7.92. The average Bonchev–Trinajstić information content (AvgIpc) is 2.93. The van der Waals surface area contributed by atoms with Crippen LogP contribution in [-0.4, -0.2) is 18.0 Å². The van der Waals surface area contributed by atoms with Crippen molar-refractivity contribution in [2.45, 2.75) is 25.3 Å². The Morgan fingerprint density at radius 1 is 1.08 bits per heavy atom. The maximum atomic E-state index is 12.5. The van der Waals surface area contributed by atoms with Crippen molar-refractivity contribution < 1.29 is 8.42 Å². The highest BCUT2D eigenvalue weighted by atomic mass is 32.2. The number of hydrogen-bond donors (Lipinski definition) is 1. The van der Waals surface area contributed by atoms with E-state index >= 15 is 0 Å². The minimum Gasteiger partial charge on any atom is -0.331 e. The molecular formula is C18H19N3O2S. The lowest BCUT2D eigenvalue weighted by atomic mass is 10.2. The summed E-state index contributed by atoms with van der Waals surface area (Å²) in [5, 5.41) is 0. The Kier molecular flexibility index (Phi) is 4.40. The molecule has 2 aromatic carbocycles. The molecule has 0 radical (unpaired) electrons. The first kappa shape index (κ1) is 16.3. The van der Waals surface area contributed by atoms with Gasteiger partial charge in [0.25, 0.3) is 10.0 Å². The summed E-state index contributed by atoms with van der Waals surface area (Å²) < 4.78 is 29.6. The summed E-state index contributed by atoms with van der Waals surface area (Å²) >= 11 is 0. The number of benzene rings is 2. The Hall–Kier alpha value is -2.60. The molecule has 6 heteroatoms. The van der Waals surface area contributed by atoms with Crippen molar-refractivity contribution in [3.05, 3.63) is 77.9 Å².